The SMILES string of the molecule is C[C@H]1[C@@H](O)[C@H]([N+]2(C)C(=NC3CCOC3)Nc3c(OCc4ccc([N+](=O)[O-])cc4)ncnc32)O[C@@H]1C. The van der Waals surface area contributed by atoms with E-state index in [1.807, 2.05) is 20.9 Å². The molecule has 0 radical (unpaired) electrons. The summed E-state index contributed by atoms with van der Waals surface area (Å²) in [6, 6.07) is 6.14. The molecular formula is C23H29N6O6+. The molecule has 2 fully saturated rings. The summed E-state index contributed by atoms with van der Waals surface area (Å²) in [6.07, 6.45) is 0.736. The fourth-order valence-electron chi connectivity index (χ4n) is 4.70. The summed E-state index contributed by atoms with van der Waals surface area (Å²) in [7, 11) is 1.92. The van der Waals surface area contributed by atoms with E-state index < -0.39 is 17.3 Å². The molecule has 6 atom stereocenters. The molecule has 0 aliphatic carbocycles. The lowest BCUT2D eigenvalue weighted by molar-refractivity contribution is -0.384. The quantitative estimate of drug-likeness (QED) is 0.358. The van der Waals surface area contributed by atoms with Gasteiger partial charge in [0.2, 0.25) is 12.1 Å². The number of hydrogen-bond donors (Lipinski definition) is 2. The molecule has 35 heavy (non-hydrogen) atoms. The van der Waals surface area contributed by atoms with Crippen LogP contribution in [0.4, 0.5) is 17.2 Å². The van der Waals surface area contributed by atoms with Crippen LogP contribution >= 0.6 is 0 Å². The number of nitrogens with zero attached hydrogens (tertiary/aromatic N) is 5. The van der Waals surface area contributed by atoms with Crippen molar-refractivity contribution >= 4 is 23.2 Å². The first-order valence-electron chi connectivity index (χ1n) is 11.6. The number of benzene rings is 1. The molecule has 186 valence electrons. The molecule has 5 rings (SSSR count). The second-order valence-electron chi connectivity index (χ2n) is 9.34. The van der Waals surface area contributed by atoms with Gasteiger partial charge >= 0.3 is 5.96 Å². The van der Waals surface area contributed by atoms with Crippen molar-refractivity contribution in [3.05, 3.63) is 46.3 Å². The summed E-state index contributed by atoms with van der Waals surface area (Å²) in [5, 5.41) is 25.3. The summed E-state index contributed by atoms with van der Waals surface area (Å²) in [6.45, 7) is 5.25. The first-order valence-corrected chi connectivity index (χ1v) is 11.6. The minimum atomic E-state index is -0.729. The molecule has 1 aromatic carbocycles. The van der Waals surface area contributed by atoms with Crippen molar-refractivity contribution in [3.8, 4) is 5.88 Å². The fourth-order valence-corrected chi connectivity index (χ4v) is 4.70. The molecule has 2 unspecified atom stereocenters. The predicted molar refractivity (Wildman–Crippen MR) is 127 cm³/mol. The van der Waals surface area contributed by atoms with Crippen molar-refractivity contribution in [1.29, 1.82) is 0 Å². The van der Waals surface area contributed by atoms with Gasteiger partial charge in [-0.15, -0.1) is 0 Å². The van der Waals surface area contributed by atoms with E-state index in [-0.39, 0.29) is 34.8 Å². The zero-order valence-corrected chi connectivity index (χ0v) is 19.8. The van der Waals surface area contributed by atoms with Gasteiger partial charge in [0.25, 0.3) is 11.5 Å². The molecule has 0 saturated carbocycles. The Morgan fingerprint density at radius 3 is 2.71 bits per heavy atom. The maximum Gasteiger partial charge on any atom is 0.311 e. The average Bonchev–Trinajstić information content (AvgIpc) is 3.54. The van der Waals surface area contributed by atoms with Crippen molar-refractivity contribution in [3.63, 3.8) is 0 Å². The van der Waals surface area contributed by atoms with Gasteiger partial charge in [-0.3, -0.25) is 15.4 Å². The van der Waals surface area contributed by atoms with Crippen molar-refractivity contribution < 1.29 is 24.2 Å². The molecule has 1 aromatic heterocycles. The highest BCUT2D eigenvalue weighted by atomic mass is 16.6. The molecular weight excluding hydrogens is 456 g/mol. The zero-order valence-electron chi connectivity index (χ0n) is 19.8. The van der Waals surface area contributed by atoms with Gasteiger partial charge in [-0.05, 0) is 31.0 Å². The third-order valence-electron chi connectivity index (χ3n) is 7.08. The van der Waals surface area contributed by atoms with Crippen molar-refractivity contribution in [1.82, 2.24) is 14.5 Å². The maximum absolute atomic E-state index is 11.1. The van der Waals surface area contributed by atoms with Gasteiger partial charge in [0, 0.05) is 24.7 Å². The largest absolute Gasteiger partial charge is 0.471 e. The van der Waals surface area contributed by atoms with Gasteiger partial charge in [0.1, 0.15) is 19.0 Å². The van der Waals surface area contributed by atoms with Crippen LogP contribution < -0.4 is 14.5 Å². The Labute approximate surface area is 202 Å². The lowest BCUT2D eigenvalue weighted by Crippen LogP contribution is -2.61. The Balaban J connectivity index is 1.48. The van der Waals surface area contributed by atoms with Crippen LogP contribution in [0.3, 0.4) is 0 Å². The van der Waals surface area contributed by atoms with Gasteiger partial charge in [-0.2, -0.15) is 14.5 Å². The van der Waals surface area contributed by atoms with E-state index in [9.17, 15) is 15.2 Å². The number of anilines is 1. The summed E-state index contributed by atoms with van der Waals surface area (Å²) < 4.78 is 17.8. The molecule has 12 heteroatoms. The Bertz CT molecular complexity index is 1140. The first kappa shape index (κ1) is 23.5. The van der Waals surface area contributed by atoms with Gasteiger partial charge in [-0.25, -0.2) is 4.99 Å². The molecule has 3 aliphatic rings. The second-order valence-corrected chi connectivity index (χ2v) is 9.34. The van der Waals surface area contributed by atoms with Gasteiger partial charge in [0.15, 0.2) is 5.69 Å². The fraction of sp³-hybridized carbons (Fsp3) is 0.522. The molecule has 0 spiro atoms. The Morgan fingerprint density at radius 2 is 2.09 bits per heavy atom. The minimum Gasteiger partial charge on any atom is -0.471 e. The highest BCUT2D eigenvalue weighted by molar-refractivity contribution is 6.10. The topological polar surface area (TPSA) is 141 Å². The molecule has 2 saturated heterocycles. The number of ether oxygens (including phenoxy) is 3. The van der Waals surface area contributed by atoms with E-state index >= 15 is 0 Å². The number of aliphatic hydroxyl groups excluding tert-OH is 1. The molecule has 0 amide bonds. The van der Waals surface area contributed by atoms with E-state index in [0.717, 1.165) is 12.0 Å². The van der Waals surface area contributed by atoms with E-state index in [0.29, 0.717) is 36.6 Å². The number of hydrogen-bond acceptors (Lipinski definition) is 9. The van der Waals surface area contributed by atoms with Crippen LogP contribution in [0.1, 0.15) is 25.8 Å². The Hall–Kier alpha value is -3.19. The van der Waals surface area contributed by atoms with Gasteiger partial charge < -0.3 is 19.3 Å². The van der Waals surface area contributed by atoms with Crippen LogP contribution in [0.15, 0.2) is 35.6 Å². The number of nitro benzene ring substituents is 1. The number of rotatable bonds is 6. The monoisotopic (exact) mass is 485 g/mol. The second kappa shape index (κ2) is 9.11. The smallest absolute Gasteiger partial charge is 0.311 e. The number of aliphatic imine (C=N–C) groups is 1. The van der Waals surface area contributed by atoms with Crippen LogP contribution in [-0.2, 0) is 16.1 Å². The number of guanidine groups is 1. The first-order chi connectivity index (χ1) is 16.8. The number of likely N-dealkylation sites (N-methyl/N-ethyl adjacent to an activating group) is 1. The van der Waals surface area contributed by atoms with Gasteiger partial charge in [-0.1, -0.05) is 6.92 Å². The maximum atomic E-state index is 11.1. The summed E-state index contributed by atoms with van der Waals surface area (Å²) in [5.74, 6) is 1.43. The van der Waals surface area contributed by atoms with E-state index in [1.165, 1.54) is 18.5 Å². The number of aromatic nitrogens is 2. The third-order valence-corrected chi connectivity index (χ3v) is 7.08. The van der Waals surface area contributed by atoms with Crippen LogP contribution in [0.5, 0.6) is 5.88 Å². The molecule has 12 nitrogen and oxygen atoms in total. The number of aliphatic hydroxyl groups is 1. The Morgan fingerprint density at radius 1 is 1.31 bits per heavy atom. The highest BCUT2D eigenvalue weighted by Crippen LogP contribution is 2.46. The van der Waals surface area contributed by atoms with Crippen LogP contribution in [-0.4, -0.2) is 70.7 Å². The van der Waals surface area contributed by atoms with E-state index in [4.69, 9.17) is 19.2 Å². The number of nitrogens with one attached hydrogen (secondary N) is 1. The van der Waals surface area contributed by atoms with E-state index in [1.54, 1.807) is 12.1 Å². The summed E-state index contributed by atoms with van der Waals surface area (Å²) in [5.41, 5.74) is 1.33. The number of non-ortho nitro benzene ring substituents is 1. The highest BCUT2D eigenvalue weighted by Gasteiger charge is 2.59. The number of nitro groups is 1. The third kappa shape index (κ3) is 4.12. The molecule has 0 bridgehead atoms. The lowest BCUT2D eigenvalue weighted by atomic mass is 10.0. The number of quaternary nitrogens is 1. The standard InChI is InChI=1S/C23H29N6O6/c1-13-14(2)35-22(19(13)30)29(3)20-18(27-23(29)26-16-8-9-33-11-16)21(25-12-24-20)34-10-15-4-6-17(7-5-15)28(31)32/h4-7,12-14,16,19,22,30H,8-11H2,1-3H3,(H,26,27)/q+1/t13-,14-,16?,19-,22-,29?/m1/s1. The summed E-state index contributed by atoms with van der Waals surface area (Å²) in [4.78, 5) is 24.3. The zero-order chi connectivity index (χ0) is 24.7. The van der Waals surface area contributed by atoms with Crippen LogP contribution in [0.25, 0.3) is 0 Å². The Kier molecular flexibility index (Phi) is 6.13. The normalized spacial score (nSPS) is 33.0. The molecule has 2 aromatic rings. The number of fused-ring (bicyclic) bond motifs is 1. The van der Waals surface area contributed by atoms with Crippen molar-refractivity contribution in [2.75, 3.05) is 25.6 Å². The van der Waals surface area contributed by atoms with E-state index in [2.05, 4.69) is 15.3 Å². The van der Waals surface area contributed by atoms with Crippen molar-refractivity contribution in [2.24, 2.45) is 10.9 Å². The lowest BCUT2D eigenvalue weighted by Gasteiger charge is -2.34. The van der Waals surface area contributed by atoms with Crippen LogP contribution in [0, 0.1) is 16.0 Å². The predicted octanol–water partition coefficient (Wildman–Crippen LogP) is 2.21. The molecule has 3 aliphatic heterocycles. The average molecular weight is 486 g/mol. The van der Waals surface area contributed by atoms with Crippen molar-refractivity contribution in [2.45, 2.75) is 51.4 Å². The molecule has 4 heterocycles. The van der Waals surface area contributed by atoms with Crippen LogP contribution in [0.2, 0.25) is 0 Å². The summed E-state index contributed by atoms with van der Waals surface area (Å²) >= 11 is 0. The molecule has 2 N–H and O–H groups in total. The van der Waals surface area contributed by atoms with Gasteiger partial charge in [0.05, 0.1) is 30.7 Å². The minimum absolute atomic E-state index is 0.0155.